The van der Waals surface area contributed by atoms with Gasteiger partial charge in [0.2, 0.25) is 0 Å². The van der Waals surface area contributed by atoms with Crippen LogP contribution < -0.4 is 10.2 Å². The molecule has 1 aromatic rings. The van der Waals surface area contributed by atoms with Crippen LogP contribution in [-0.4, -0.2) is 26.0 Å². The Morgan fingerprint density at radius 1 is 1.50 bits per heavy atom. The summed E-state index contributed by atoms with van der Waals surface area (Å²) in [4.78, 5) is 10.9. The van der Waals surface area contributed by atoms with E-state index in [2.05, 4.69) is 15.3 Å². The van der Waals surface area contributed by atoms with Crippen LogP contribution in [0.25, 0.3) is 0 Å². The topological polar surface area (TPSA) is 59.9 Å². The summed E-state index contributed by atoms with van der Waals surface area (Å²) in [6.07, 6.45) is 0.920. The maximum atomic E-state index is 10.9. The van der Waals surface area contributed by atoms with Crippen LogP contribution in [-0.2, 0) is 4.74 Å². The number of methoxy groups -OCH3 is 1. The standard InChI is InChI=1S/C11H14N2O3/c1-3-16-11(14)13-12-8-9-6-4-5-7-10(9)15-2/h4-8H,3H2,1-2H3,(H,13,14)/b12-8-. The molecular weight excluding hydrogens is 208 g/mol. The maximum Gasteiger partial charge on any atom is 0.427 e. The number of hydrazone groups is 1. The molecule has 16 heavy (non-hydrogen) atoms. The lowest BCUT2D eigenvalue weighted by Gasteiger charge is -2.03. The zero-order chi connectivity index (χ0) is 11.8. The van der Waals surface area contributed by atoms with Crippen LogP contribution in [0.2, 0.25) is 0 Å². The Kier molecular flexibility index (Phi) is 4.85. The van der Waals surface area contributed by atoms with Gasteiger partial charge in [-0.15, -0.1) is 0 Å². The van der Waals surface area contributed by atoms with Crippen LogP contribution in [0.4, 0.5) is 4.79 Å². The van der Waals surface area contributed by atoms with E-state index in [1.807, 2.05) is 24.3 Å². The van der Waals surface area contributed by atoms with Crippen molar-refractivity contribution in [2.75, 3.05) is 13.7 Å². The summed E-state index contributed by atoms with van der Waals surface area (Å²) in [7, 11) is 1.57. The zero-order valence-corrected chi connectivity index (χ0v) is 9.27. The van der Waals surface area contributed by atoms with Gasteiger partial charge in [0.25, 0.3) is 0 Å². The molecule has 0 heterocycles. The van der Waals surface area contributed by atoms with Gasteiger partial charge in [-0.25, -0.2) is 10.2 Å². The molecule has 1 amide bonds. The van der Waals surface area contributed by atoms with E-state index in [1.165, 1.54) is 6.21 Å². The quantitative estimate of drug-likeness (QED) is 0.624. The van der Waals surface area contributed by atoms with Gasteiger partial charge in [0.1, 0.15) is 5.75 Å². The summed E-state index contributed by atoms with van der Waals surface area (Å²) in [6, 6.07) is 7.35. The molecule has 0 aliphatic heterocycles. The Morgan fingerprint density at radius 3 is 2.94 bits per heavy atom. The second-order valence-electron chi connectivity index (χ2n) is 2.83. The molecule has 1 N–H and O–H groups in total. The molecule has 0 atom stereocenters. The smallest absolute Gasteiger partial charge is 0.427 e. The lowest BCUT2D eigenvalue weighted by molar-refractivity contribution is 0.152. The minimum atomic E-state index is -0.575. The van der Waals surface area contributed by atoms with E-state index in [4.69, 9.17) is 4.74 Å². The van der Waals surface area contributed by atoms with Crippen molar-refractivity contribution < 1.29 is 14.3 Å². The van der Waals surface area contributed by atoms with Crippen LogP contribution in [0, 0.1) is 0 Å². The number of hydrogen-bond acceptors (Lipinski definition) is 4. The molecule has 1 aromatic carbocycles. The van der Waals surface area contributed by atoms with Gasteiger partial charge in [0, 0.05) is 5.56 Å². The predicted molar refractivity (Wildman–Crippen MR) is 60.7 cm³/mol. The van der Waals surface area contributed by atoms with Gasteiger partial charge in [-0.2, -0.15) is 5.10 Å². The van der Waals surface area contributed by atoms with Gasteiger partial charge in [0.05, 0.1) is 19.9 Å². The minimum absolute atomic E-state index is 0.315. The summed E-state index contributed by atoms with van der Waals surface area (Å²) < 4.78 is 9.76. The molecule has 0 bridgehead atoms. The van der Waals surface area contributed by atoms with E-state index in [0.717, 1.165) is 5.56 Å². The summed E-state index contributed by atoms with van der Waals surface area (Å²) in [5.74, 6) is 0.692. The average Bonchev–Trinajstić information content (AvgIpc) is 2.30. The molecule has 0 unspecified atom stereocenters. The predicted octanol–water partition coefficient (Wildman–Crippen LogP) is 1.78. The fourth-order valence-electron chi connectivity index (χ4n) is 1.09. The first-order chi connectivity index (χ1) is 7.77. The highest BCUT2D eigenvalue weighted by molar-refractivity contribution is 5.84. The van der Waals surface area contributed by atoms with E-state index < -0.39 is 6.09 Å². The first-order valence-electron chi connectivity index (χ1n) is 4.86. The highest BCUT2D eigenvalue weighted by Gasteiger charge is 1.99. The molecule has 0 saturated heterocycles. The van der Waals surface area contributed by atoms with Crippen LogP contribution >= 0.6 is 0 Å². The number of hydrogen-bond donors (Lipinski definition) is 1. The minimum Gasteiger partial charge on any atom is -0.496 e. The number of rotatable bonds is 4. The number of amides is 1. The number of carbonyl (C=O) groups excluding carboxylic acids is 1. The SMILES string of the molecule is CCOC(=O)N/N=C\c1ccccc1OC. The Labute approximate surface area is 94.1 Å². The van der Waals surface area contributed by atoms with E-state index in [9.17, 15) is 4.79 Å². The van der Waals surface area contributed by atoms with Gasteiger partial charge in [0.15, 0.2) is 0 Å². The molecule has 0 spiro atoms. The van der Waals surface area contributed by atoms with Crippen molar-refractivity contribution in [2.45, 2.75) is 6.92 Å². The summed E-state index contributed by atoms with van der Waals surface area (Å²) in [5, 5.41) is 3.74. The zero-order valence-electron chi connectivity index (χ0n) is 9.27. The van der Waals surface area contributed by atoms with E-state index in [-0.39, 0.29) is 0 Å². The van der Waals surface area contributed by atoms with Gasteiger partial charge in [-0.05, 0) is 19.1 Å². The molecule has 1 rings (SSSR count). The normalized spacial score (nSPS) is 10.1. The van der Waals surface area contributed by atoms with Crippen molar-refractivity contribution in [3.05, 3.63) is 29.8 Å². The molecule has 0 aromatic heterocycles. The summed E-state index contributed by atoms with van der Waals surface area (Å²) in [5.41, 5.74) is 3.02. The van der Waals surface area contributed by atoms with Gasteiger partial charge in [-0.1, -0.05) is 12.1 Å². The Balaban J connectivity index is 2.58. The number of benzene rings is 1. The molecule has 0 aliphatic carbocycles. The molecule has 0 fully saturated rings. The second-order valence-corrected chi connectivity index (χ2v) is 2.83. The average molecular weight is 222 g/mol. The third-order valence-corrected chi connectivity index (χ3v) is 1.77. The lowest BCUT2D eigenvalue weighted by Crippen LogP contribution is -2.18. The Bertz CT molecular complexity index is 377. The highest BCUT2D eigenvalue weighted by Crippen LogP contribution is 2.14. The van der Waals surface area contributed by atoms with Crippen molar-refractivity contribution >= 4 is 12.3 Å². The van der Waals surface area contributed by atoms with Crippen LogP contribution in [0.5, 0.6) is 5.75 Å². The van der Waals surface area contributed by atoms with Crippen molar-refractivity contribution in [1.82, 2.24) is 5.43 Å². The van der Waals surface area contributed by atoms with Crippen molar-refractivity contribution in [3.63, 3.8) is 0 Å². The fraction of sp³-hybridized carbons (Fsp3) is 0.273. The molecule has 86 valence electrons. The Morgan fingerprint density at radius 2 is 2.25 bits per heavy atom. The highest BCUT2D eigenvalue weighted by atomic mass is 16.5. The third kappa shape index (κ3) is 3.61. The van der Waals surface area contributed by atoms with Crippen molar-refractivity contribution in [3.8, 4) is 5.75 Å². The van der Waals surface area contributed by atoms with Crippen molar-refractivity contribution in [1.29, 1.82) is 0 Å². The molecule has 5 nitrogen and oxygen atoms in total. The van der Waals surface area contributed by atoms with E-state index in [0.29, 0.717) is 12.4 Å². The molecule has 0 aliphatic rings. The first-order valence-corrected chi connectivity index (χ1v) is 4.86. The molecular formula is C11H14N2O3. The summed E-state index contributed by atoms with van der Waals surface area (Å²) >= 11 is 0. The monoisotopic (exact) mass is 222 g/mol. The molecule has 0 saturated carbocycles. The third-order valence-electron chi connectivity index (χ3n) is 1.77. The van der Waals surface area contributed by atoms with Gasteiger partial charge < -0.3 is 9.47 Å². The number of ether oxygens (including phenoxy) is 2. The van der Waals surface area contributed by atoms with Gasteiger partial charge in [-0.3, -0.25) is 0 Å². The van der Waals surface area contributed by atoms with Crippen LogP contribution in [0.3, 0.4) is 0 Å². The first kappa shape index (κ1) is 12.0. The van der Waals surface area contributed by atoms with Crippen molar-refractivity contribution in [2.24, 2.45) is 5.10 Å². The fourth-order valence-corrected chi connectivity index (χ4v) is 1.09. The number of para-hydroxylation sites is 1. The molecule has 0 radical (unpaired) electrons. The number of nitrogens with one attached hydrogen (secondary N) is 1. The number of carbonyl (C=O) groups is 1. The number of nitrogens with zero attached hydrogens (tertiary/aromatic N) is 1. The van der Waals surface area contributed by atoms with Crippen LogP contribution in [0.1, 0.15) is 12.5 Å². The van der Waals surface area contributed by atoms with Gasteiger partial charge >= 0.3 is 6.09 Å². The van der Waals surface area contributed by atoms with E-state index in [1.54, 1.807) is 14.0 Å². The lowest BCUT2D eigenvalue weighted by atomic mass is 10.2. The Hall–Kier alpha value is -2.04. The molecule has 5 heteroatoms. The second kappa shape index (κ2) is 6.44. The van der Waals surface area contributed by atoms with E-state index >= 15 is 0 Å². The summed E-state index contributed by atoms with van der Waals surface area (Å²) in [6.45, 7) is 2.04. The largest absolute Gasteiger partial charge is 0.496 e. The maximum absolute atomic E-state index is 10.9. The van der Waals surface area contributed by atoms with Crippen LogP contribution in [0.15, 0.2) is 29.4 Å².